The van der Waals surface area contributed by atoms with Gasteiger partial charge in [-0.05, 0) is 31.7 Å². The molecule has 1 N–H and O–H groups in total. The molecule has 0 bridgehead atoms. The summed E-state index contributed by atoms with van der Waals surface area (Å²) in [5, 5.41) is 3.19. The van der Waals surface area contributed by atoms with Crippen LogP contribution < -0.4 is 5.32 Å². The Morgan fingerprint density at radius 3 is 2.92 bits per heavy atom. The molecule has 72 valence electrons. The number of ether oxygens (including phenoxy) is 1. The zero-order valence-electron chi connectivity index (χ0n) is 8.37. The fourth-order valence-electron chi connectivity index (χ4n) is 1.30. The van der Waals surface area contributed by atoms with Gasteiger partial charge in [-0.15, -0.1) is 0 Å². The molecule has 0 aliphatic carbocycles. The number of hydrogen-bond acceptors (Lipinski definition) is 3. The van der Waals surface area contributed by atoms with Crippen molar-refractivity contribution >= 4 is 0 Å². The summed E-state index contributed by atoms with van der Waals surface area (Å²) >= 11 is 0. The average Bonchev–Trinajstić information content (AvgIpc) is 2.14. The van der Waals surface area contributed by atoms with E-state index in [1.807, 2.05) is 26.2 Å². The second kappa shape index (κ2) is 4.94. The number of rotatable bonds is 4. The smallest absolute Gasteiger partial charge is 0.0657 e. The third kappa shape index (κ3) is 2.79. The highest BCUT2D eigenvalue weighted by Gasteiger charge is 2.07. The van der Waals surface area contributed by atoms with Gasteiger partial charge in [-0.3, -0.25) is 4.98 Å². The number of pyridine rings is 1. The molecule has 1 aromatic rings. The Kier molecular flexibility index (Phi) is 3.86. The fraction of sp³-hybridized carbons (Fsp3) is 0.500. The van der Waals surface area contributed by atoms with Gasteiger partial charge in [0.05, 0.1) is 12.6 Å². The highest BCUT2D eigenvalue weighted by molar-refractivity contribution is 5.19. The Bertz CT molecular complexity index is 263. The molecule has 1 atom stereocenters. The maximum absolute atomic E-state index is 5.11. The third-order valence-corrected chi connectivity index (χ3v) is 2.00. The molecular weight excluding hydrogens is 164 g/mol. The normalized spacial score (nSPS) is 12.8. The molecule has 0 aromatic carbocycles. The SMILES string of the molecule is CNC(COC)c1ccnc(C)c1. The van der Waals surface area contributed by atoms with Gasteiger partial charge >= 0.3 is 0 Å². The van der Waals surface area contributed by atoms with Gasteiger partial charge in [0.15, 0.2) is 0 Å². The van der Waals surface area contributed by atoms with Crippen LogP contribution in [0, 0.1) is 6.92 Å². The Morgan fingerprint density at radius 1 is 1.62 bits per heavy atom. The molecule has 0 radical (unpaired) electrons. The van der Waals surface area contributed by atoms with E-state index in [1.54, 1.807) is 7.11 Å². The molecule has 13 heavy (non-hydrogen) atoms. The number of hydrogen-bond donors (Lipinski definition) is 1. The van der Waals surface area contributed by atoms with Crippen LogP contribution in [-0.4, -0.2) is 25.7 Å². The van der Waals surface area contributed by atoms with Crippen LogP contribution in [0.25, 0.3) is 0 Å². The van der Waals surface area contributed by atoms with E-state index in [0.29, 0.717) is 6.61 Å². The van der Waals surface area contributed by atoms with Crippen LogP contribution in [0.15, 0.2) is 18.3 Å². The molecule has 0 saturated carbocycles. The first kappa shape index (κ1) is 10.2. The second-order valence-corrected chi connectivity index (χ2v) is 3.03. The quantitative estimate of drug-likeness (QED) is 0.758. The van der Waals surface area contributed by atoms with E-state index in [0.717, 1.165) is 5.69 Å². The fourth-order valence-corrected chi connectivity index (χ4v) is 1.30. The zero-order chi connectivity index (χ0) is 9.68. The minimum absolute atomic E-state index is 0.256. The summed E-state index contributed by atoms with van der Waals surface area (Å²) in [6, 6.07) is 4.33. The Hall–Kier alpha value is -0.930. The van der Waals surface area contributed by atoms with E-state index in [-0.39, 0.29) is 6.04 Å². The van der Waals surface area contributed by atoms with Crippen molar-refractivity contribution in [2.24, 2.45) is 0 Å². The largest absolute Gasteiger partial charge is 0.383 e. The average molecular weight is 180 g/mol. The molecule has 0 aliphatic heterocycles. The molecule has 1 heterocycles. The van der Waals surface area contributed by atoms with Crippen LogP contribution >= 0.6 is 0 Å². The van der Waals surface area contributed by atoms with Crippen molar-refractivity contribution in [3.8, 4) is 0 Å². The van der Waals surface area contributed by atoms with Crippen molar-refractivity contribution < 1.29 is 4.74 Å². The van der Waals surface area contributed by atoms with Gasteiger partial charge in [0.25, 0.3) is 0 Å². The second-order valence-electron chi connectivity index (χ2n) is 3.03. The van der Waals surface area contributed by atoms with Crippen LogP contribution in [0.3, 0.4) is 0 Å². The highest BCUT2D eigenvalue weighted by Crippen LogP contribution is 2.12. The molecule has 0 amide bonds. The topological polar surface area (TPSA) is 34.1 Å². The number of nitrogens with one attached hydrogen (secondary N) is 1. The molecule has 1 unspecified atom stereocenters. The third-order valence-electron chi connectivity index (χ3n) is 2.00. The van der Waals surface area contributed by atoms with Gasteiger partial charge in [0.1, 0.15) is 0 Å². The standard InChI is InChI=1S/C10H16N2O/c1-8-6-9(4-5-12-8)10(11-2)7-13-3/h4-6,10-11H,7H2,1-3H3. The molecule has 1 rings (SSSR count). The monoisotopic (exact) mass is 180 g/mol. The summed E-state index contributed by atoms with van der Waals surface area (Å²) in [4.78, 5) is 4.15. The minimum atomic E-state index is 0.256. The molecule has 3 heteroatoms. The summed E-state index contributed by atoms with van der Waals surface area (Å²) in [6.07, 6.45) is 1.82. The first-order valence-corrected chi connectivity index (χ1v) is 4.36. The lowest BCUT2D eigenvalue weighted by molar-refractivity contribution is 0.170. The number of aryl methyl sites for hydroxylation is 1. The van der Waals surface area contributed by atoms with Crippen molar-refractivity contribution in [1.29, 1.82) is 0 Å². The van der Waals surface area contributed by atoms with E-state index < -0.39 is 0 Å². The minimum Gasteiger partial charge on any atom is -0.383 e. The van der Waals surface area contributed by atoms with Gasteiger partial charge in [0.2, 0.25) is 0 Å². The van der Waals surface area contributed by atoms with Crippen molar-refractivity contribution in [1.82, 2.24) is 10.3 Å². The Labute approximate surface area is 79.1 Å². The Balaban J connectivity index is 2.78. The van der Waals surface area contributed by atoms with Crippen LogP contribution in [0.4, 0.5) is 0 Å². The van der Waals surface area contributed by atoms with Gasteiger partial charge in [-0.1, -0.05) is 0 Å². The van der Waals surface area contributed by atoms with Crippen LogP contribution in [0.5, 0.6) is 0 Å². The molecule has 0 saturated heterocycles. The van der Waals surface area contributed by atoms with Crippen molar-refractivity contribution in [3.05, 3.63) is 29.6 Å². The molecular formula is C10H16N2O. The summed E-state index contributed by atoms with van der Waals surface area (Å²) in [6.45, 7) is 2.67. The lowest BCUT2D eigenvalue weighted by Crippen LogP contribution is -2.21. The van der Waals surface area contributed by atoms with Gasteiger partial charge in [-0.2, -0.15) is 0 Å². The van der Waals surface area contributed by atoms with Crippen molar-refractivity contribution in [3.63, 3.8) is 0 Å². The molecule has 0 spiro atoms. The summed E-state index contributed by atoms with van der Waals surface area (Å²) in [5.41, 5.74) is 2.26. The predicted octanol–water partition coefficient (Wildman–Crippen LogP) is 1.30. The summed E-state index contributed by atoms with van der Waals surface area (Å²) in [7, 11) is 3.64. The van der Waals surface area contributed by atoms with E-state index in [9.17, 15) is 0 Å². The highest BCUT2D eigenvalue weighted by atomic mass is 16.5. The first-order chi connectivity index (χ1) is 6.27. The lowest BCUT2D eigenvalue weighted by Gasteiger charge is -2.15. The summed E-state index contributed by atoms with van der Waals surface area (Å²) in [5.74, 6) is 0. The molecule has 3 nitrogen and oxygen atoms in total. The van der Waals surface area contributed by atoms with Gasteiger partial charge < -0.3 is 10.1 Å². The molecule has 0 fully saturated rings. The maximum atomic E-state index is 5.11. The van der Waals surface area contributed by atoms with E-state index in [1.165, 1.54) is 5.56 Å². The first-order valence-electron chi connectivity index (χ1n) is 4.36. The van der Waals surface area contributed by atoms with E-state index in [4.69, 9.17) is 4.74 Å². The van der Waals surface area contributed by atoms with Crippen LogP contribution in [-0.2, 0) is 4.74 Å². The number of nitrogens with zero attached hydrogens (tertiary/aromatic N) is 1. The van der Waals surface area contributed by atoms with Gasteiger partial charge in [0, 0.05) is 19.0 Å². The van der Waals surface area contributed by atoms with E-state index >= 15 is 0 Å². The predicted molar refractivity (Wildman–Crippen MR) is 52.7 cm³/mol. The number of aromatic nitrogens is 1. The van der Waals surface area contributed by atoms with Gasteiger partial charge in [-0.25, -0.2) is 0 Å². The molecule has 1 aromatic heterocycles. The zero-order valence-corrected chi connectivity index (χ0v) is 8.37. The summed E-state index contributed by atoms with van der Waals surface area (Å²) < 4.78 is 5.11. The maximum Gasteiger partial charge on any atom is 0.0657 e. The van der Waals surface area contributed by atoms with Crippen molar-refractivity contribution in [2.75, 3.05) is 20.8 Å². The van der Waals surface area contributed by atoms with Crippen LogP contribution in [0.2, 0.25) is 0 Å². The number of likely N-dealkylation sites (N-methyl/N-ethyl adjacent to an activating group) is 1. The molecule has 0 aliphatic rings. The lowest BCUT2D eigenvalue weighted by atomic mass is 10.1. The van der Waals surface area contributed by atoms with Crippen molar-refractivity contribution in [2.45, 2.75) is 13.0 Å². The Morgan fingerprint density at radius 2 is 2.38 bits per heavy atom. The van der Waals surface area contributed by atoms with Crippen LogP contribution in [0.1, 0.15) is 17.3 Å². The van der Waals surface area contributed by atoms with E-state index in [2.05, 4.69) is 16.4 Å². The number of methoxy groups -OCH3 is 1.